The molecular weight excluding hydrogens is 212 g/mol. The van der Waals surface area contributed by atoms with E-state index >= 15 is 0 Å². The lowest BCUT2D eigenvalue weighted by molar-refractivity contribution is -0.123. The van der Waals surface area contributed by atoms with E-state index in [2.05, 4.69) is 31.3 Å². The smallest absolute Gasteiger partial charge is 0.242 e. The van der Waals surface area contributed by atoms with Gasteiger partial charge < -0.3 is 0 Å². The molecule has 0 spiro atoms. The fourth-order valence-corrected chi connectivity index (χ4v) is 3.35. The van der Waals surface area contributed by atoms with Gasteiger partial charge in [0.05, 0.1) is 0 Å². The van der Waals surface area contributed by atoms with E-state index < -0.39 is 0 Å². The van der Waals surface area contributed by atoms with Crippen LogP contribution in [0.3, 0.4) is 0 Å². The standard InChI is InChI=1S/C14H24N2O/c1-9(2)12(17)16-15-11-8-10-6-7-14(11,5)13(10,3)4/h9-10H,6-8H2,1-5H3,(H,16,17)/b15-11-/t10-,14-/m0/s1. The minimum atomic E-state index is -0.00115. The average Bonchev–Trinajstić information content (AvgIpc) is 2.57. The highest BCUT2D eigenvalue weighted by molar-refractivity contribution is 5.95. The first-order chi connectivity index (χ1) is 7.79. The van der Waals surface area contributed by atoms with E-state index in [1.165, 1.54) is 18.6 Å². The largest absolute Gasteiger partial charge is 0.273 e. The van der Waals surface area contributed by atoms with Gasteiger partial charge in [-0.15, -0.1) is 0 Å². The molecule has 0 aromatic rings. The lowest BCUT2D eigenvalue weighted by Gasteiger charge is -2.34. The van der Waals surface area contributed by atoms with Crippen LogP contribution in [0.25, 0.3) is 0 Å². The molecule has 1 N–H and O–H groups in total. The molecule has 0 saturated heterocycles. The highest BCUT2D eigenvalue weighted by atomic mass is 16.2. The lowest BCUT2D eigenvalue weighted by Crippen LogP contribution is -2.34. The summed E-state index contributed by atoms with van der Waals surface area (Å²) in [5.41, 5.74) is 4.43. The van der Waals surface area contributed by atoms with E-state index in [1.54, 1.807) is 0 Å². The number of carbonyl (C=O) groups excluding carboxylic acids is 1. The molecule has 2 rings (SSSR count). The Bertz CT molecular complexity index is 370. The summed E-state index contributed by atoms with van der Waals surface area (Å²) < 4.78 is 0. The molecule has 17 heavy (non-hydrogen) atoms. The number of nitrogens with one attached hydrogen (secondary N) is 1. The van der Waals surface area contributed by atoms with Crippen LogP contribution in [0.1, 0.15) is 53.9 Å². The first kappa shape index (κ1) is 12.6. The third kappa shape index (κ3) is 1.71. The predicted molar refractivity (Wildman–Crippen MR) is 69.6 cm³/mol. The summed E-state index contributed by atoms with van der Waals surface area (Å²) in [6.07, 6.45) is 3.57. The molecule has 3 heteroatoms. The van der Waals surface area contributed by atoms with Crippen molar-refractivity contribution in [1.82, 2.24) is 5.43 Å². The Hall–Kier alpha value is -0.860. The second kappa shape index (κ2) is 3.82. The van der Waals surface area contributed by atoms with Crippen molar-refractivity contribution in [1.29, 1.82) is 0 Å². The van der Waals surface area contributed by atoms with Gasteiger partial charge in [0.15, 0.2) is 0 Å². The molecule has 2 aliphatic rings. The number of amides is 1. The number of carbonyl (C=O) groups is 1. The van der Waals surface area contributed by atoms with Crippen LogP contribution in [-0.4, -0.2) is 11.6 Å². The van der Waals surface area contributed by atoms with E-state index in [9.17, 15) is 4.79 Å². The second-order valence-electron chi connectivity index (χ2n) is 6.68. The van der Waals surface area contributed by atoms with Crippen molar-refractivity contribution in [2.75, 3.05) is 0 Å². The number of rotatable bonds is 2. The highest BCUT2D eigenvalue weighted by Crippen LogP contribution is 2.63. The van der Waals surface area contributed by atoms with Crippen LogP contribution in [0, 0.1) is 22.7 Å². The second-order valence-corrected chi connectivity index (χ2v) is 6.68. The first-order valence-electron chi connectivity index (χ1n) is 6.66. The maximum atomic E-state index is 11.6. The van der Waals surface area contributed by atoms with Crippen LogP contribution in [0.4, 0.5) is 0 Å². The van der Waals surface area contributed by atoms with Gasteiger partial charge in [-0.25, -0.2) is 5.43 Å². The van der Waals surface area contributed by atoms with Crippen LogP contribution in [0.2, 0.25) is 0 Å². The predicted octanol–water partition coefficient (Wildman–Crippen LogP) is 2.96. The zero-order valence-electron chi connectivity index (χ0n) is 11.6. The normalized spacial score (nSPS) is 36.8. The number of nitrogens with zero attached hydrogens (tertiary/aromatic N) is 1. The summed E-state index contributed by atoms with van der Waals surface area (Å²) in [5, 5.41) is 4.41. The molecular formula is C14H24N2O. The molecule has 96 valence electrons. The minimum Gasteiger partial charge on any atom is -0.273 e. The van der Waals surface area contributed by atoms with Crippen molar-refractivity contribution in [2.24, 2.45) is 27.8 Å². The molecule has 2 bridgehead atoms. The van der Waals surface area contributed by atoms with Gasteiger partial charge in [-0.3, -0.25) is 4.79 Å². The van der Waals surface area contributed by atoms with Crippen LogP contribution in [0.5, 0.6) is 0 Å². The van der Waals surface area contributed by atoms with Gasteiger partial charge in [0.25, 0.3) is 0 Å². The lowest BCUT2D eigenvalue weighted by atomic mass is 9.70. The molecule has 2 saturated carbocycles. The fourth-order valence-electron chi connectivity index (χ4n) is 3.35. The van der Waals surface area contributed by atoms with Gasteiger partial charge in [-0.2, -0.15) is 5.10 Å². The molecule has 0 heterocycles. The van der Waals surface area contributed by atoms with Crippen molar-refractivity contribution >= 4 is 11.6 Å². The first-order valence-corrected chi connectivity index (χ1v) is 6.66. The average molecular weight is 236 g/mol. The molecule has 1 amide bonds. The molecule has 0 aliphatic heterocycles. The van der Waals surface area contributed by atoms with Crippen molar-refractivity contribution in [3.8, 4) is 0 Å². The maximum absolute atomic E-state index is 11.6. The maximum Gasteiger partial charge on any atom is 0.242 e. The molecule has 3 nitrogen and oxygen atoms in total. The Morgan fingerprint density at radius 2 is 2.06 bits per heavy atom. The van der Waals surface area contributed by atoms with Crippen LogP contribution >= 0.6 is 0 Å². The number of hydrazone groups is 1. The van der Waals surface area contributed by atoms with E-state index in [0.717, 1.165) is 12.3 Å². The Balaban J connectivity index is 2.15. The van der Waals surface area contributed by atoms with Gasteiger partial charge >= 0.3 is 0 Å². The number of hydrogen-bond donors (Lipinski definition) is 1. The van der Waals surface area contributed by atoms with Crippen molar-refractivity contribution < 1.29 is 4.79 Å². The molecule has 2 fully saturated rings. The highest BCUT2D eigenvalue weighted by Gasteiger charge is 2.59. The molecule has 0 radical (unpaired) electrons. The van der Waals surface area contributed by atoms with Crippen LogP contribution in [0.15, 0.2) is 5.10 Å². The number of hydrogen-bond acceptors (Lipinski definition) is 2. The summed E-state index contributed by atoms with van der Waals surface area (Å²) in [6, 6.07) is 0. The van der Waals surface area contributed by atoms with Gasteiger partial charge in [-0.05, 0) is 30.6 Å². The Morgan fingerprint density at radius 3 is 2.47 bits per heavy atom. The number of fused-ring (bicyclic) bond motifs is 2. The third-order valence-electron chi connectivity index (χ3n) is 5.34. The molecule has 2 atom stereocenters. The van der Waals surface area contributed by atoms with E-state index in [0.29, 0.717) is 5.41 Å². The van der Waals surface area contributed by atoms with Crippen molar-refractivity contribution in [3.63, 3.8) is 0 Å². The summed E-state index contributed by atoms with van der Waals surface area (Å²) in [4.78, 5) is 11.6. The van der Waals surface area contributed by atoms with Crippen LogP contribution in [-0.2, 0) is 4.79 Å². The molecule has 2 aliphatic carbocycles. The Morgan fingerprint density at radius 1 is 1.41 bits per heavy atom. The van der Waals surface area contributed by atoms with Gasteiger partial charge in [0.2, 0.25) is 5.91 Å². The topological polar surface area (TPSA) is 41.5 Å². The van der Waals surface area contributed by atoms with Crippen molar-refractivity contribution in [3.05, 3.63) is 0 Å². The van der Waals surface area contributed by atoms with E-state index in [-0.39, 0.29) is 17.2 Å². The summed E-state index contributed by atoms with van der Waals surface area (Å²) in [5.74, 6) is 0.752. The fraction of sp³-hybridized carbons (Fsp3) is 0.857. The van der Waals surface area contributed by atoms with Crippen LogP contribution < -0.4 is 5.43 Å². The van der Waals surface area contributed by atoms with Crippen molar-refractivity contribution in [2.45, 2.75) is 53.9 Å². The monoisotopic (exact) mass is 236 g/mol. The SMILES string of the molecule is CC(C)C(=O)N/N=C1/C[C@@H]2CC[C@]1(C)C2(C)C. The summed E-state index contributed by atoms with van der Waals surface area (Å²) in [6.45, 7) is 10.8. The van der Waals surface area contributed by atoms with Gasteiger partial charge in [0, 0.05) is 17.0 Å². The zero-order valence-corrected chi connectivity index (χ0v) is 11.6. The Kier molecular flexibility index (Phi) is 2.83. The molecule has 0 unspecified atom stereocenters. The van der Waals surface area contributed by atoms with E-state index in [1.807, 2.05) is 13.8 Å². The third-order valence-corrected chi connectivity index (χ3v) is 5.34. The van der Waals surface area contributed by atoms with Gasteiger partial charge in [0.1, 0.15) is 0 Å². The molecule has 0 aromatic carbocycles. The van der Waals surface area contributed by atoms with Gasteiger partial charge in [-0.1, -0.05) is 34.6 Å². The zero-order chi connectivity index (χ0) is 12.8. The van der Waals surface area contributed by atoms with E-state index in [4.69, 9.17) is 0 Å². The summed E-state index contributed by atoms with van der Waals surface area (Å²) in [7, 11) is 0. The summed E-state index contributed by atoms with van der Waals surface area (Å²) >= 11 is 0. The Labute approximate surface area is 104 Å². The minimum absolute atomic E-state index is 0.00115. The quantitative estimate of drug-likeness (QED) is 0.736. The molecule has 0 aromatic heterocycles.